The van der Waals surface area contributed by atoms with E-state index >= 15 is 0 Å². The molecule has 1 aliphatic heterocycles. The van der Waals surface area contributed by atoms with E-state index in [9.17, 15) is 4.79 Å². The third-order valence-electron chi connectivity index (χ3n) is 4.34. The zero-order valence-electron chi connectivity index (χ0n) is 14.2. The monoisotopic (exact) mass is 303 g/mol. The average molecular weight is 303 g/mol. The number of ketones is 1. The minimum Gasteiger partial charge on any atom is -0.494 e. The molecule has 0 aliphatic carbocycles. The van der Waals surface area contributed by atoms with Crippen molar-refractivity contribution in [2.24, 2.45) is 11.8 Å². The van der Waals surface area contributed by atoms with Gasteiger partial charge >= 0.3 is 0 Å². The van der Waals surface area contributed by atoms with Crippen molar-refractivity contribution in [3.63, 3.8) is 0 Å². The first-order valence-electron chi connectivity index (χ1n) is 8.50. The Labute approximate surface area is 134 Å². The summed E-state index contributed by atoms with van der Waals surface area (Å²) in [4.78, 5) is 13.8. The van der Waals surface area contributed by atoms with Gasteiger partial charge in [0.25, 0.3) is 0 Å². The predicted molar refractivity (Wildman–Crippen MR) is 90.6 cm³/mol. The molecule has 122 valence electrons. The fourth-order valence-corrected chi connectivity index (χ4v) is 3.39. The van der Waals surface area contributed by atoms with Crippen LogP contribution >= 0.6 is 0 Å². The zero-order valence-corrected chi connectivity index (χ0v) is 14.2. The Morgan fingerprint density at radius 1 is 1.14 bits per heavy atom. The first kappa shape index (κ1) is 17.0. The molecule has 2 atom stereocenters. The molecule has 1 heterocycles. The Balaban J connectivity index is 1.62. The van der Waals surface area contributed by atoms with Crippen LogP contribution in [0.1, 0.15) is 50.4 Å². The number of piperidine rings is 1. The Morgan fingerprint density at radius 3 is 2.36 bits per heavy atom. The second-order valence-electron chi connectivity index (χ2n) is 6.84. The number of rotatable bonds is 7. The topological polar surface area (TPSA) is 29.5 Å². The van der Waals surface area contributed by atoms with Gasteiger partial charge in [0.2, 0.25) is 0 Å². The van der Waals surface area contributed by atoms with Crippen LogP contribution in [0.4, 0.5) is 0 Å². The van der Waals surface area contributed by atoms with E-state index in [4.69, 9.17) is 4.74 Å². The molecule has 0 amide bonds. The highest BCUT2D eigenvalue weighted by molar-refractivity contribution is 5.94. The van der Waals surface area contributed by atoms with Gasteiger partial charge in [-0.1, -0.05) is 13.8 Å². The minimum atomic E-state index is 0.0940. The van der Waals surface area contributed by atoms with Crippen LogP contribution in [-0.2, 0) is 0 Å². The number of benzene rings is 1. The molecular formula is C19H29NO2. The van der Waals surface area contributed by atoms with Crippen LogP contribution in [-0.4, -0.2) is 36.9 Å². The molecule has 1 aromatic carbocycles. The molecule has 0 N–H and O–H groups in total. The number of carbonyl (C=O) groups is 1. The Hall–Kier alpha value is -1.35. The van der Waals surface area contributed by atoms with Crippen molar-refractivity contribution >= 4 is 5.78 Å². The van der Waals surface area contributed by atoms with E-state index in [0.29, 0.717) is 0 Å². The minimum absolute atomic E-state index is 0.0940. The highest BCUT2D eigenvalue weighted by Crippen LogP contribution is 2.21. The lowest BCUT2D eigenvalue weighted by molar-refractivity contribution is 0.101. The van der Waals surface area contributed by atoms with Crippen molar-refractivity contribution < 1.29 is 9.53 Å². The first-order valence-corrected chi connectivity index (χ1v) is 8.50. The fraction of sp³-hybridized carbons (Fsp3) is 0.632. The number of ether oxygens (including phenoxy) is 1. The van der Waals surface area contributed by atoms with E-state index in [1.54, 1.807) is 6.92 Å². The molecule has 3 heteroatoms. The van der Waals surface area contributed by atoms with Gasteiger partial charge in [0.05, 0.1) is 6.61 Å². The molecule has 1 aromatic rings. The second kappa shape index (κ2) is 8.33. The van der Waals surface area contributed by atoms with Gasteiger partial charge in [-0.15, -0.1) is 0 Å². The molecule has 0 spiro atoms. The van der Waals surface area contributed by atoms with Gasteiger partial charge in [-0.05, 0) is 68.8 Å². The maximum atomic E-state index is 11.2. The largest absolute Gasteiger partial charge is 0.494 e. The van der Waals surface area contributed by atoms with E-state index in [2.05, 4.69) is 18.7 Å². The lowest BCUT2D eigenvalue weighted by Gasteiger charge is -2.34. The number of unbranched alkanes of at least 4 members (excludes halogenated alkanes) is 1. The summed E-state index contributed by atoms with van der Waals surface area (Å²) in [6.45, 7) is 10.7. The van der Waals surface area contributed by atoms with Crippen LogP contribution < -0.4 is 4.74 Å². The first-order chi connectivity index (χ1) is 10.5. The number of nitrogens with zero attached hydrogens (tertiary/aromatic N) is 1. The van der Waals surface area contributed by atoms with Crippen molar-refractivity contribution in [1.82, 2.24) is 4.90 Å². The number of carbonyl (C=O) groups excluding carboxylic acids is 1. The van der Waals surface area contributed by atoms with Crippen molar-refractivity contribution in [3.8, 4) is 5.75 Å². The summed E-state index contributed by atoms with van der Waals surface area (Å²) in [6, 6.07) is 7.41. The van der Waals surface area contributed by atoms with Crippen LogP contribution in [0, 0.1) is 11.8 Å². The molecule has 22 heavy (non-hydrogen) atoms. The normalized spacial score (nSPS) is 22.5. The summed E-state index contributed by atoms with van der Waals surface area (Å²) in [7, 11) is 0. The summed E-state index contributed by atoms with van der Waals surface area (Å²) in [5, 5.41) is 0. The maximum absolute atomic E-state index is 11.2. The van der Waals surface area contributed by atoms with Crippen molar-refractivity contribution in [2.75, 3.05) is 26.2 Å². The van der Waals surface area contributed by atoms with E-state index < -0.39 is 0 Å². The van der Waals surface area contributed by atoms with Crippen LogP contribution in [0.15, 0.2) is 24.3 Å². The molecule has 2 unspecified atom stereocenters. The van der Waals surface area contributed by atoms with Gasteiger partial charge in [0, 0.05) is 18.7 Å². The van der Waals surface area contributed by atoms with E-state index in [1.165, 1.54) is 32.5 Å². The van der Waals surface area contributed by atoms with Gasteiger partial charge in [-0.25, -0.2) is 0 Å². The molecular weight excluding hydrogens is 274 g/mol. The molecule has 0 radical (unpaired) electrons. The molecule has 0 aromatic heterocycles. The summed E-state index contributed by atoms with van der Waals surface area (Å²) in [5.74, 6) is 2.61. The van der Waals surface area contributed by atoms with Crippen LogP contribution in [0.25, 0.3) is 0 Å². The molecule has 2 rings (SSSR count). The standard InChI is InChI=1S/C19H29NO2/c1-15-12-16(2)14-20(13-15)10-4-5-11-22-19-8-6-18(7-9-19)17(3)21/h6-9,15-16H,4-5,10-14H2,1-3H3. The number of hydrogen-bond acceptors (Lipinski definition) is 3. The van der Waals surface area contributed by atoms with Crippen LogP contribution in [0.3, 0.4) is 0 Å². The van der Waals surface area contributed by atoms with Gasteiger partial charge < -0.3 is 9.64 Å². The smallest absolute Gasteiger partial charge is 0.159 e. The Bertz CT molecular complexity index is 459. The lowest BCUT2D eigenvalue weighted by atomic mass is 9.92. The van der Waals surface area contributed by atoms with E-state index in [-0.39, 0.29) is 5.78 Å². The summed E-state index contributed by atoms with van der Waals surface area (Å²) in [5.41, 5.74) is 0.737. The van der Waals surface area contributed by atoms with E-state index in [0.717, 1.165) is 36.2 Å². The van der Waals surface area contributed by atoms with E-state index in [1.807, 2.05) is 24.3 Å². The average Bonchev–Trinajstić information content (AvgIpc) is 2.46. The van der Waals surface area contributed by atoms with Crippen LogP contribution in [0.2, 0.25) is 0 Å². The quantitative estimate of drug-likeness (QED) is 0.563. The number of likely N-dealkylation sites (tertiary alicyclic amines) is 1. The number of Topliss-reactive ketones (excluding diaryl/α,β-unsaturated/α-hetero) is 1. The summed E-state index contributed by atoms with van der Waals surface area (Å²) in [6.07, 6.45) is 3.63. The summed E-state index contributed by atoms with van der Waals surface area (Å²) < 4.78 is 5.74. The van der Waals surface area contributed by atoms with Gasteiger partial charge in [-0.3, -0.25) is 4.79 Å². The third-order valence-corrected chi connectivity index (χ3v) is 4.34. The molecule has 1 saturated heterocycles. The molecule has 0 saturated carbocycles. The highest BCUT2D eigenvalue weighted by atomic mass is 16.5. The van der Waals surface area contributed by atoms with Crippen molar-refractivity contribution in [1.29, 1.82) is 0 Å². The molecule has 1 fully saturated rings. The molecule has 0 bridgehead atoms. The predicted octanol–water partition coefficient (Wildman–Crippen LogP) is 4.03. The fourth-order valence-electron chi connectivity index (χ4n) is 3.39. The number of hydrogen-bond donors (Lipinski definition) is 0. The SMILES string of the molecule is CC(=O)c1ccc(OCCCCN2CC(C)CC(C)C2)cc1. The molecule has 1 aliphatic rings. The third kappa shape index (κ3) is 5.45. The van der Waals surface area contributed by atoms with Crippen molar-refractivity contribution in [2.45, 2.75) is 40.0 Å². The second-order valence-corrected chi connectivity index (χ2v) is 6.84. The molecule has 3 nitrogen and oxygen atoms in total. The highest BCUT2D eigenvalue weighted by Gasteiger charge is 2.20. The van der Waals surface area contributed by atoms with Gasteiger partial charge in [0.1, 0.15) is 5.75 Å². The van der Waals surface area contributed by atoms with Gasteiger partial charge in [-0.2, -0.15) is 0 Å². The van der Waals surface area contributed by atoms with Gasteiger partial charge in [0.15, 0.2) is 5.78 Å². The summed E-state index contributed by atoms with van der Waals surface area (Å²) >= 11 is 0. The lowest BCUT2D eigenvalue weighted by Crippen LogP contribution is -2.39. The maximum Gasteiger partial charge on any atom is 0.159 e. The zero-order chi connectivity index (χ0) is 15.9. The Morgan fingerprint density at radius 2 is 1.77 bits per heavy atom. The Kier molecular flexibility index (Phi) is 6.44. The van der Waals surface area contributed by atoms with Crippen LogP contribution in [0.5, 0.6) is 5.75 Å². The van der Waals surface area contributed by atoms with Crippen molar-refractivity contribution in [3.05, 3.63) is 29.8 Å².